The summed E-state index contributed by atoms with van der Waals surface area (Å²) in [5, 5.41) is 2.96. The third kappa shape index (κ3) is 4.22. The van der Waals surface area contributed by atoms with Gasteiger partial charge in [0.1, 0.15) is 0 Å². The Morgan fingerprint density at radius 2 is 1.71 bits per heavy atom. The highest BCUT2D eigenvalue weighted by Gasteiger charge is 2.53. The fourth-order valence-electron chi connectivity index (χ4n) is 4.52. The predicted molar refractivity (Wildman–Crippen MR) is 118 cm³/mol. The van der Waals surface area contributed by atoms with Gasteiger partial charge in [0.05, 0.1) is 18.2 Å². The van der Waals surface area contributed by atoms with Crippen molar-refractivity contribution >= 4 is 21.8 Å². The van der Waals surface area contributed by atoms with E-state index in [2.05, 4.69) is 5.32 Å². The summed E-state index contributed by atoms with van der Waals surface area (Å²) in [4.78, 5) is 29.9. The topological polar surface area (TPSA) is 86.8 Å². The molecule has 2 fully saturated rings. The molecule has 2 saturated heterocycles. The van der Waals surface area contributed by atoms with E-state index in [-0.39, 0.29) is 30.1 Å². The smallest absolute Gasteiger partial charge is 0.319 e. The minimum Gasteiger partial charge on any atom is -0.319 e. The van der Waals surface area contributed by atoms with Crippen LogP contribution in [0.5, 0.6) is 0 Å². The lowest BCUT2D eigenvalue weighted by molar-refractivity contribution is -0.133. The molecule has 0 saturated carbocycles. The van der Waals surface area contributed by atoms with E-state index in [1.165, 1.54) is 4.90 Å². The summed E-state index contributed by atoms with van der Waals surface area (Å²) in [6.45, 7) is 2.54. The molecule has 8 heteroatoms. The first-order chi connectivity index (χ1) is 14.8. The Hall–Kier alpha value is -2.71. The van der Waals surface area contributed by atoms with Gasteiger partial charge in [-0.25, -0.2) is 18.1 Å². The molecule has 0 bridgehead atoms. The molecule has 3 amide bonds. The molecular weight excluding hydrogens is 414 g/mol. The molecule has 2 aliphatic rings. The Balaban J connectivity index is 1.64. The number of amides is 3. The molecule has 2 aliphatic heterocycles. The van der Waals surface area contributed by atoms with Crippen LogP contribution in [0.15, 0.2) is 60.7 Å². The number of nitrogens with one attached hydrogen (secondary N) is 1. The molecule has 164 valence electrons. The molecule has 7 nitrogen and oxygen atoms in total. The van der Waals surface area contributed by atoms with Crippen molar-refractivity contribution in [2.75, 3.05) is 24.7 Å². The van der Waals surface area contributed by atoms with Gasteiger partial charge in [-0.1, -0.05) is 67.6 Å². The molecule has 2 aromatic rings. The summed E-state index contributed by atoms with van der Waals surface area (Å²) in [5.74, 6) is -0.0962. The van der Waals surface area contributed by atoms with E-state index in [1.807, 2.05) is 72.5 Å². The SMILES string of the molecule is CCN(CN1C(=O)N[C@](Cc2ccccc2)(c2ccccc2)C1=O)[C@@H]1CCS(=O)(=O)C1. The maximum atomic E-state index is 13.7. The van der Waals surface area contributed by atoms with Gasteiger partial charge in [0.2, 0.25) is 0 Å². The molecule has 31 heavy (non-hydrogen) atoms. The van der Waals surface area contributed by atoms with Crippen LogP contribution >= 0.6 is 0 Å². The van der Waals surface area contributed by atoms with Crippen LogP contribution < -0.4 is 5.32 Å². The maximum Gasteiger partial charge on any atom is 0.326 e. The predicted octanol–water partition coefficient (Wildman–Crippen LogP) is 2.14. The Kier molecular flexibility index (Phi) is 5.85. The summed E-state index contributed by atoms with van der Waals surface area (Å²) >= 11 is 0. The number of urea groups is 1. The Labute approximate surface area is 183 Å². The standard InChI is InChI=1S/C23H27N3O4S/c1-2-25(20-13-14-31(29,30)16-20)17-26-21(27)23(24-22(26)28,19-11-7-4-8-12-19)15-18-9-5-3-6-10-18/h3-12,20H,2,13-17H2,1H3,(H,24,28)/t20-,23-/m1/s1. The third-order valence-electron chi connectivity index (χ3n) is 6.21. The lowest BCUT2D eigenvalue weighted by Crippen LogP contribution is -2.49. The summed E-state index contributed by atoms with van der Waals surface area (Å²) in [6, 6.07) is 18.3. The van der Waals surface area contributed by atoms with Crippen LogP contribution in [0.25, 0.3) is 0 Å². The molecule has 0 aromatic heterocycles. The first-order valence-corrected chi connectivity index (χ1v) is 12.3. The minimum atomic E-state index is -3.06. The van der Waals surface area contributed by atoms with Crippen LogP contribution in [0.4, 0.5) is 4.79 Å². The summed E-state index contributed by atoms with van der Waals surface area (Å²) in [7, 11) is -3.06. The number of carbonyl (C=O) groups excluding carboxylic acids is 2. The van der Waals surface area contributed by atoms with Gasteiger partial charge >= 0.3 is 6.03 Å². The van der Waals surface area contributed by atoms with E-state index in [0.717, 1.165) is 11.1 Å². The van der Waals surface area contributed by atoms with Gasteiger partial charge in [0.25, 0.3) is 5.91 Å². The largest absolute Gasteiger partial charge is 0.326 e. The van der Waals surface area contributed by atoms with E-state index in [9.17, 15) is 18.0 Å². The number of carbonyl (C=O) groups is 2. The fourth-order valence-corrected chi connectivity index (χ4v) is 6.28. The van der Waals surface area contributed by atoms with Crippen molar-refractivity contribution in [1.29, 1.82) is 0 Å². The second-order valence-electron chi connectivity index (χ2n) is 8.20. The van der Waals surface area contributed by atoms with Crippen LogP contribution in [0.3, 0.4) is 0 Å². The van der Waals surface area contributed by atoms with Gasteiger partial charge < -0.3 is 5.32 Å². The van der Waals surface area contributed by atoms with Crippen molar-refractivity contribution in [3.8, 4) is 0 Å². The van der Waals surface area contributed by atoms with Crippen LogP contribution in [-0.4, -0.2) is 60.9 Å². The Morgan fingerprint density at radius 3 is 2.29 bits per heavy atom. The number of benzene rings is 2. The third-order valence-corrected chi connectivity index (χ3v) is 7.96. The molecule has 2 aromatic carbocycles. The molecule has 4 rings (SSSR count). The second kappa shape index (κ2) is 8.43. The average molecular weight is 442 g/mol. The van der Waals surface area contributed by atoms with Crippen molar-refractivity contribution in [2.45, 2.75) is 31.3 Å². The molecule has 0 radical (unpaired) electrons. The molecule has 0 unspecified atom stereocenters. The maximum absolute atomic E-state index is 13.7. The van der Waals surface area contributed by atoms with Crippen LogP contribution in [0.2, 0.25) is 0 Å². The van der Waals surface area contributed by atoms with Gasteiger partial charge in [-0.15, -0.1) is 0 Å². The molecule has 0 aliphatic carbocycles. The average Bonchev–Trinajstić information content (AvgIpc) is 3.24. The van der Waals surface area contributed by atoms with E-state index in [1.54, 1.807) is 0 Å². The summed E-state index contributed by atoms with van der Waals surface area (Å²) in [6.07, 6.45) is 0.858. The number of rotatable bonds is 7. The zero-order valence-electron chi connectivity index (χ0n) is 17.5. The molecule has 2 atom stereocenters. The highest BCUT2D eigenvalue weighted by molar-refractivity contribution is 7.91. The first-order valence-electron chi connectivity index (χ1n) is 10.5. The fraction of sp³-hybridized carbons (Fsp3) is 0.391. The van der Waals surface area contributed by atoms with Crippen molar-refractivity contribution in [1.82, 2.24) is 15.1 Å². The lowest BCUT2D eigenvalue weighted by Gasteiger charge is -2.31. The van der Waals surface area contributed by atoms with Crippen molar-refractivity contribution < 1.29 is 18.0 Å². The van der Waals surface area contributed by atoms with Gasteiger partial charge in [-0.2, -0.15) is 0 Å². The van der Waals surface area contributed by atoms with Crippen LogP contribution in [0, 0.1) is 0 Å². The minimum absolute atomic E-state index is 0.0678. The Bertz CT molecular complexity index is 1060. The van der Waals surface area contributed by atoms with Crippen molar-refractivity contribution in [3.63, 3.8) is 0 Å². The number of imide groups is 1. The van der Waals surface area contributed by atoms with Gasteiger partial charge in [0.15, 0.2) is 15.4 Å². The van der Waals surface area contributed by atoms with E-state index in [0.29, 0.717) is 19.4 Å². The zero-order valence-corrected chi connectivity index (χ0v) is 18.3. The quantitative estimate of drug-likeness (QED) is 0.666. The van der Waals surface area contributed by atoms with Gasteiger partial charge in [-0.05, 0) is 24.1 Å². The van der Waals surface area contributed by atoms with Crippen molar-refractivity contribution in [3.05, 3.63) is 71.8 Å². The monoisotopic (exact) mass is 441 g/mol. The summed E-state index contributed by atoms with van der Waals surface area (Å²) < 4.78 is 23.9. The number of hydrogen-bond acceptors (Lipinski definition) is 5. The molecule has 2 heterocycles. The van der Waals surface area contributed by atoms with Crippen LogP contribution in [0.1, 0.15) is 24.5 Å². The molecule has 0 spiro atoms. The highest BCUT2D eigenvalue weighted by atomic mass is 32.2. The number of hydrogen-bond donors (Lipinski definition) is 1. The van der Waals surface area contributed by atoms with E-state index in [4.69, 9.17) is 0 Å². The second-order valence-corrected chi connectivity index (χ2v) is 10.4. The van der Waals surface area contributed by atoms with Gasteiger partial charge in [0, 0.05) is 12.5 Å². The number of nitrogens with zero attached hydrogens (tertiary/aromatic N) is 2. The van der Waals surface area contributed by atoms with Crippen molar-refractivity contribution in [2.24, 2.45) is 0 Å². The van der Waals surface area contributed by atoms with E-state index < -0.39 is 21.4 Å². The van der Waals surface area contributed by atoms with Gasteiger partial charge in [-0.3, -0.25) is 9.69 Å². The highest BCUT2D eigenvalue weighted by Crippen LogP contribution is 2.33. The first kappa shape index (κ1) is 21.5. The normalized spacial score (nSPS) is 25.2. The Morgan fingerprint density at radius 1 is 1.06 bits per heavy atom. The summed E-state index contributed by atoms with van der Waals surface area (Å²) in [5.41, 5.74) is 0.475. The molecular formula is C23H27N3O4S. The van der Waals surface area contributed by atoms with E-state index >= 15 is 0 Å². The van der Waals surface area contributed by atoms with Crippen LogP contribution in [-0.2, 0) is 26.6 Å². The lowest BCUT2D eigenvalue weighted by atomic mass is 9.83. The zero-order chi connectivity index (χ0) is 22.1. The molecule has 1 N–H and O–H groups in total. The number of sulfone groups is 1.